The van der Waals surface area contributed by atoms with E-state index in [9.17, 15) is 0 Å². The predicted molar refractivity (Wildman–Crippen MR) is 436 cm³/mol. The Labute approximate surface area is 618 Å². The van der Waals surface area contributed by atoms with Crippen LogP contribution < -0.4 is 0 Å². The minimum Gasteiger partial charge on any atom is -0.318 e. The third kappa shape index (κ3) is 32.1. The average Bonchev–Trinajstić information content (AvgIpc) is 0.814. The van der Waals surface area contributed by atoms with Gasteiger partial charge in [-0.05, 0) is 103 Å². The Balaban J connectivity index is 0.0000208. The first-order valence-electron chi connectivity index (χ1n) is 42.8. The molecule has 568 valence electrons. The zero-order valence-corrected chi connectivity index (χ0v) is 68.3. The van der Waals surface area contributed by atoms with E-state index in [4.69, 9.17) is 6.58 Å². The monoisotopic (exact) mass is 1380 g/mol. The molecule has 0 saturated carbocycles. The van der Waals surface area contributed by atoms with Crippen molar-refractivity contribution < 1.29 is 35.9 Å². The van der Waals surface area contributed by atoms with Gasteiger partial charge in [-0.2, -0.15) is 0 Å². The molecule has 3 aromatic rings. The number of hydrogen-bond donors (Lipinski definition) is 0. The number of unbranched alkanes of at least 4 members (excludes halogenated alkanes) is 24. The Morgan fingerprint density at radius 1 is 0.232 bits per heavy atom. The number of benzene rings is 3. The predicted octanol–water partition coefficient (Wildman–Crippen LogP) is 22.2. The van der Waals surface area contributed by atoms with Crippen LogP contribution in [0.3, 0.4) is 0 Å². The van der Waals surface area contributed by atoms with Crippen molar-refractivity contribution >= 4 is 0 Å². The van der Waals surface area contributed by atoms with Crippen LogP contribution in [0.5, 0.6) is 0 Å². The lowest BCUT2D eigenvalue weighted by Gasteiger charge is -2.48. The molecule has 0 amide bonds. The van der Waals surface area contributed by atoms with Gasteiger partial charge in [-0.15, -0.1) is 0 Å². The minimum absolute atomic E-state index is 0. The van der Waals surface area contributed by atoms with Crippen LogP contribution in [-0.4, -0.2) is 196 Å². The number of likely N-dealkylation sites (N-methyl/N-ethyl adjacent to an activating group) is 5. The van der Waals surface area contributed by atoms with E-state index in [1.807, 2.05) is 0 Å². The SMILES string of the molecule is C.C=C1[N+](C)(CCCCCC)Cc2ccc(cc2)C[N+](C)(CCCCCC)CC[N+]2(CCCCCC)CC[N+](C)(CCCCCC)Cc3ccc(cc3)C[N+](C)(CCCCCC)CC[N+]1(CCCCCC)CC[N+](C)(CCCCCC)Cc1ccc(cc1)C[N+](C)(CCCCCC)CC2. The molecule has 0 saturated heterocycles. The molecule has 0 fully saturated rings. The van der Waals surface area contributed by atoms with Crippen LogP contribution >= 0.6 is 0 Å². The van der Waals surface area contributed by atoms with Crippen molar-refractivity contribution in [2.45, 2.75) is 308 Å². The molecule has 0 spiro atoms. The van der Waals surface area contributed by atoms with E-state index in [2.05, 4.69) is 170 Å². The highest BCUT2D eigenvalue weighted by Crippen LogP contribution is 2.34. The molecule has 3 aromatic carbocycles. The summed E-state index contributed by atoms with van der Waals surface area (Å²) in [4.78, 5) is 0. The highest BCUT2D eigenvalue weighted by Gasteiger charge is 2.47. The summed E-state index contributed by atoms with van der Waals surface area (Å²) >= 11 is 0. The number of rotatable bonds is 40. The van der Waals surface area contributed by atoms with Crippen LogP contribution in [0.15, 0.2) is 85.2 Å². The van der Waals surface area contributed by atoms with E-state index in [0.29, 0.717) is 0 Å². The molecule has 0 aromatic heterocycles. The van der Waals surface area contributed by atoms with Crippen molar-refractivity contribution in [2.75, 3.05) is 160 Å². The molecule has 8 nitrogen and oxygen atoms in total. The van der Waals surface area contributed by atoms with Gasteiger partial charge < -0.3 is 26.9 Å². The topological polar surface area (TPSA) is 0 Å². The maximum atomic E-state index is 5.68. The van der Waals surface area contributed by atoms with Crippen LogP contribution in [0.2, 0.25) is 0 Å². The number of hydrogen-bond acceptors (Lipinski definition) is 0. The van der Waals surface area contributed by atoms with Gasteiger partial charge in [-0.3, -0.25) is 0 Å². The molecule has 8 aliphatic heterocycles. The fourth-order valence-electron chi connectivity index (χ4n) is 17.8. The lowest BCUT2D eigenvalue weighted by atomic mass is 10.1. The molecule has 0 aliphatic carbocycles. The zero-order valence-electron chi connectivity index (χ0n) is 68.3. The van der Waals surface area contributed by atoms with E-state index in [1.54, 1.807) is 11.1 Å². The van der Waals surface area contributed by atoms with Crippen molar-refractivity contribution in [3.63, 3.8) is 0 Å². The maximum Gasteiger partial charge on any atom is 0.287 e. The second-order valence-corrected chi connectivity index (χ2v) is 35.3. The summed E-state index contributed by atoms with van der Waals surface area (Å²) in [5, 5.41) is 0. The molecule has 99 heavy (non-hydrogen) atoms. The largest absolute Gasteiger partial charge is 0.318 e. The van der Waals surface area contributed by atoms with Crippen molar-refractivity contribution in [3.05, 3.63) is 119 Å². The Bertz CT molecular complexity index is 2440. The lowest BCUT2D eigenvalue weighted by Crippen LogP contribution is -2.64. The Kier molecular flexibility index (Phi) is 41.8. The Hall–Kier alpha value is -2.92. The molecule has 0 radical (unpaired) electrons. The molecule has 11 rings (SSSR count). The summed E-state index contributed by atoms with van der Waals surface area (Å²) in [6.07, 6.45) is 42.0. The Morgan fingerprint density at radius 2 is 0.434 bits per heavy atom. The number of quaternary nitrogens is 8. The molecule has 0 N–H and O–H groups in total. The summed E-state index contributed by atoms with van der Waals surface area (Å²) in [5.74, 6) is 1.50. The molecule has 8 bridgehead atoms. The normalized spacial score (nSPS) is 27.1. The first-order chi connectivity index (χ1) is 47.1. The van der Waals surface area contributed by atoms with E-state index >= 15 is 0 Å². The van der Waals surface area contributed by atoms with Crippen molar-refractivity contribution in [1.29, 1.82) is 0 Å². The number of nitrogens with zero attached hydrogens (tertiary/aromatic N) is 8. The van der Waals surface area contributed by atoms with Crippen molar-refractivity contribution in [2.24, 2.45) is 0 Å². The van der Waals surface area contributed by atoms with Gasteiger partial charge in [-0.25, -0.2) is 8.97 Å². The van der Waals surface area contributed by atoms with Crippen LogP contribution in [-0.2, 0) is 39.3 Å². The highest BCUT2D eigenvalue weighted by molar-refractivity contribution is 5.23. The van der Waals surface area contributed by atoms with Gasteiger partial charge in [0.2, 0.25) is 0 Å². The second-order valence-electron chi connectivity index (χ2n) is 35.3. The van der Waals surface area contributed by atoms with Crippen LogP contribution in [0, 0.1) is 0 Å². The van der Waals surface area contributed by atoms with E-state index < -0.39 is 0 Å². The van der Waals surface area contributed by atoms with Gasteiger partial charge in [0.05, 0.1) is 94.6 Å². The Morgan fingerprint density at radius 3 is 0.677 bits per heavy atom. The first kappa shape index (κ1) is 88.5. The van der Waals surface area contributed by atoms with Crippen LogP contribution in [0.4, 0.5) is 0 Å². The van der Waals surface area contributed by atoms with Crippen LogP contribution in [0.25, 0.3) is 0 Å². The molecule has 8 heterocycles. The van der Waals surface area contributed by atoms with Gasteiger partial charge in [0.25, 0.3) is 5.82 Å². The third-order valence-electron chi connectivity index (χ3n) is 25.3. The zero-order chi connectivity index (χ0) is 71.1. The summed E-state index contributed by atoms with van der Waals surface area (Å²) < 4.78 is 8.83. The second kappa shape index (κ2) is 46.8. The minimum atomic E-state index is 0. The lowest BCUT2D eigenvalue weighted by molar-refractivity contribution is -1.06. The summed E-state index contributed by atoms with van der Waals surface area (Å²) in [6, 6.07) is 31.4. The molecular formula is C91H172N8+8. The fraction of sp³-hybridized carbons (Fsp3) is 0.780. The average molecular weight is 1380 g/mol. The quantitative estimate of drug-likeness (QED) is 0.0393. The molecular weight excluding hydrogens is 1210 g/mol. The van der Waals surface area contributed by atoms with Crippen LogP contribution in [0.1, 0.15) is 302 Å². The molecule has 8 aliphatic rings. The van der Waals surface area contributed by atoms with E-state index in [0.717, 1.165) is 90.3 Å². The highest BCUT2D eigenvalue weighted by atomic mass is 15.6. The van der Waals surface area contributed by atoms with Gasteiger partial charge in [0.1, 0.15) is 105 Å². The van der Waals surface area contributed by atoms with Gasteiger partial charge in [-0.1, -0.05) is 238 Å². The molecule has 6 unspecified atom stereocenters. The van der Waals surface area contributed by atoms with Crippen molar-refractivity contribution in [1.82, 2.24) is 0 Å². The third-order valence-corrected chi connectivity index (χ3v) is 25.3. The fourth-order valence-corrected chi connectivity index (χ4v) is 17.8. The van der Waals surface area contributed by atoms with Crippen molar-refractivity contribution in [3.8, 4) is 0 Å². The smallest absolute Gasteiger partial charge is 0.287 e. The molecule has 6 atom stereocenters. The summed E-state index contributed by atoms with van der Waals surface area (Å²) in [6.45, 7) is 53.6. The molecule has 8 heteroatoms. The van der Waals surface area contributed by atoms with Gasteiger partial charge in [0.15, 0.2) is 0 Å². The van der Waals surface area contributed by atoms with E-state index in [1.165, 1.54) is 336 Å². The first-order valence-corrected chi connectivity index (χ1v) is 42.8. The maximum absolute atomic E-state index is 5.68. The summed E-state index contributed by atoms with van der Waals surface area (Å²) in [7, 11) is 16.2. The van der Waals surface area contributed by atoms with Gasteiger partial charge in [0, 0.05) is 40.0 Å². The van der Waals surface area contributed by atoms with E-state index in [-0.39, 0.29) is 7.43 Å². The standard InChI is InChI=1S/C90H168N8.CH4/c1-16-24-32-40-60-91(10)68-73-97(66-46-38-30-22-7)74-69-92(11,61-41-33-25-17-2)79-86-50-54-88(55-51-86)82-95(14,64-44-36-28-20-5)72-77-98(67-47-39-31-23-8,76-71-94(13,63-43-35-27-19-4)81-87-52-48-85(78-91)49-53-87)84(9)96(15,65-45-37-29-21-6)83-90-58-56-89(57-59-90)80-93(12,70-75-97)62-42-34-26-18-3;/h48-59H,9,16-47,60-83H2,1-8,10-15H3;1H4/q+8;. The summed E-state index contributed by atoms with van der Waals surface area (Å²) in [5.41, 5.74) is 9.21. The van der Waals surface area contributed by atoms with Gasteiger partial charge >= 0.3 is 0 Å².